The Morgan fingerprint density at radius 2 is 1.79 bits per heavy atom. The Bertz CT molecular complexity index is 806. The van der Waals surface area contributed by atoms with Crippen molar-refractivity contribution in [2.75, 3.05) is 13.7 Å². The van der Waals surface area contributed by atoms with Crippen molar-refractivity contribution in [3.63, 3.8) is 0 Å². The van der Waals surface area contributed by atoms with Gasteiger partial charge in [-0.05, 0) is 68.0 Å². The highest BCUT2D eigenvalue weighted by atomic mass is 19.1. The van der Waals surface area contributed by atoms with Gasteiger partial charge >= 0.3 is 6.03 Å². The molecule has 2 amide bonds. The van der Waals surface area contributed by atoms with Gasteiger partial charge in [-0.3, -0.25) is 0 Å². The normalized spacial score (nSPS) is 15.4. The van der Waals surface area contributed by atoms with Crippen LogP contribution < -0.4 is 20.1 Å². The SMILES string of the molecule is CCOc1ccc(C(C)NC(=O)NC(c2ccc(F)cc2)C2CC2)cc1OC. The van der Waals surface area contributed by atoms with Gasteiger partial charge in [-0.1, -0.05) is 18.2 Å². The van der Waals surface area contributed by atoms with Crippen LogP contribution in [0, 0.1) is 11.7 Å². The third-order valence-corrected chi connectivity index (χ3v) is 4.94. The van der Waals surface area contributed by atoms with E-state index in [1.807, 2.05) is 32.0 Å². The van der Waals surface area contributed by atoms with Crippen molar-refractivity contribution in [3.8, 4) is 11.5 Å². The van der Waals surface area contributed by atoms with Crippen LogP contribution >= 0.6 is 0 Å². The summed E-state index contributed by atoms with van der Waals surface area (Å²) in [5.41, 5.74) is 1.84. The maximum atomic E-state index is 13.2. The predicted molar refractivity (Wildman–Crippen MR) is 106 cm³/mol. The molecule has 2 aromatic carbocycles. The van der Waals surface area contributed by atoms with Crippen molar-refractivity contribution >= 4 is 6.03 Å². The average Bonchev–Trinajstić information content (AvgIpc) is 3.52. The molecule has 2 N–H and O–H groups in total. The van der Waals surface area contributed by atoms with Gasteiger partial charge in [-0.25, -0.2) is 9.18 Å². The molecule has 0 bridgehead atoms. The topological polar surface area (TPSA) is 59.6 Å². The second-order valence-electron chi connectivity index (χ2n) is 7.05. The van der Waals surface area contributed by atoms with E-state index in [2.05, 4.69) is 10.6 Å². The minimum Gasteiger partial charge on any atom is -0.493 e. The zero-order valence-electron chi connectivity index (χ0n) is 16.5. The van der Waals surface area contributed by atoms with Crippen LogP contribution in [0.25, 0.3) is 0 Å². The summed E-state index contributed by atoms with van der Waals surface area (Å²) >= 11 is 0. The van der Waals surface area contributed by atoms with E-state index in [-0.39, 0.29) is 23.9 Å². The molecule has 0 spiro atoms. The molecule has 1 aliphatic rings. The largest absolute Gasteiger partial charge is 0.493 e. The molecule has 2 aromatic rings. The van der Waals surface area contributed by atoms with Gasteiger partial charge in [-0.2, -0.15) is 0 Å². The summed E-state index contributed by atoms with van der Waals surface area (Å²) in [6.07, 6.45) is 2.13. The fraction of sp³-hybridized carbons (Fsp3) is 0.409. The van der Waals surface area contributed by atoms with E-state index in [0.717, 1.165) is 24.0 Å². The van der Waals surface area contributed by atoms with Gasteiger partial charge in [0.2, 0.25) is 0 Å². The summed E-state index contributed by atoms with van der Waals surface area (Å²) in [7, 11) is 1.59. The lowest BCUT2D eigenvalue weighted by Crippen LogP contribution is -2.39. The molecule has 5 nitrogen and oxygen atoms in total. The molecule has 0 aliphatic heterocycles. The van der Waals surface area contributed by atoms with Crippen LogP contribution in [0.4, 0.5) is 9.18 Å². The maximum Gasteiger partial charge on any atom is 0.315 e. The van der Waals surface area contributed by atoms with Gasteiger partial charge in [-0.15, -0.1) is 0 Å². The molecule has 0 heterocycles. The lowest BCUT2D eigenvalue weighted by Gasteiger charge is -2.22. The van der Waals surface area contributed by atoms with E-state index in [9.17, 15) is 9.18 Å². The molecular formula is C22H27FN2O3. The van der Waals surface area contributed by atoms with Crippen molar-refractivity contribution in [2.24, 2.45) is 5.92 Å². The van der Waals surface area contributed by atoms with Crippen LogP contribution in [0.15, 0.2) is 42.5 Å². The van der Waals surface area contributed by atoms with Crippen molar-refractivity contribution in [2.45, 2.75) is 38.8 Å². The fourth-order valence-electron chi connectivity index (χ4n) is 3.26. The number of carbonyl (C=O) groups excluding carboxylic acids is 1. The highest BCUT2D eigenvalue weighted by molar-refractivity contribution is 5.75. The van der Waals surface area contributed by atoms with Gasteiger partial charge in [0.15, 0.2) is 11.5 Å². The van der Waals surface area contributed by atoms with E-state index in [1.54, 1.807) is 19.2 Å². The minimum absolute atomic E-state index is 0.109. The highest BCUT2D eigenvalue weighted by Crippen LogP contribution is 2.41. The lowest BCUT2D eigenvalue weighted by molar-refractivity contribution is 0.232. The zero-order chi connectivity index (χ0) is 20.1. The molecule has 28 heavy (non-hydrogen) atoms. The average molecular weight is 386 g/mol. The number of methoxy groups -OCH3 is 1. The summed E-state index contributed by atoms with van der Waals surface area (Å²) in [6.45, 7) is 4.38. The molecule has 1 fully saturated rings. The van der Waals surface area contributed by atoms with Crippen LogP contribution in [-0.4, -0.2) is 19.7 Å². The summed E-state index contributed by atoms with van der Waals surface area (Å²) in [4.78, 5) is 12.6. The summed E-state index contributed by atoms with van der Waals surface area (Å²) in [6, 6.07) is 11.4. The number of hydrogen-bond donors (Lipinski definition) is 2. The molecule has 1 saturated carbocycles. The number of hydrogen-bond acceptors (Lipinski definition) is 3. The fourth-order valence-corrected chi connectivity index (χ4v) is 3.26. The Morgan fingerprint density at radius 1 is 1.11 bits per heavy atom. The van der Waals surface area contributed by atoms with Crippen molar-refractivity contribution in [1.29, 1.82) is 0 Å². The summed E-state index contributed by atoms with van der Waals surface area (Å²) in [5.74, 6) is 1.43. The van der Waals surface area contributed by atoms with Crippen molar-refractivity contribution in [1.82, 2.24) is 10.6 Å². The number of nitrogens with one attached hydrogen (secondary N) is 2. The van der Waals surface area contributed by atoms with Crippen molar-refractivity contribution in [3.05, 3.63) is 59.4 Å². The van der Waals surface area contributed by atoms with Gasteiger partial charge in [0.25, 0.3) is 0 Å². The molecular weight excluding hydrogens is 359 g/mol. The number of rotatable bonds is 8. The van der Waals surface area contributed by atoms with Crippen LogP contribution in [0.1, 0.15) is 49.9 Å². The van der Waals surface area contributed by atoms with Gasteiger partial charge in [0.1, 0.15) is 5.82 Å². The number of carbonyl (C=O) groups is 1. The minimum atomic E-state index is -0.277. The van der Waals surface area contributed by atoms with E-state index >= 15 is 0 Å². The van der Waals surface area contributed by atoms with Crippen LogP contribution in [0.2, 0.25) is 0 Å². The van der Waals surface area contributed by atoms with Gasteiger partial charge < -0.3 is 20.1 Å². The Balaban J connectivity index is 1.65. The first-order chi connectivity index (χ1) is 13.5. The Kier molecular flexibility index (Phi) is 6.39. The van der Waals surface area contributed by atoms with Crippen LogP contribution in [0.5, 0.6) is 11.5 Å². The Labute approximate surface area is 165 Å². The molecule has 150 valence electrons. The Hall–Kier alpha value is -2.76. The van der Waals surface area contributed by atoms with E-state index < -0.39 is 0 Å². The first kappa shape index (κ1) is 20.0. The first-order valence-corrected chi connectivity index (χ1v) is 9.65. The van der Waals surface area contributed by atoms with Crippen LogP contribution in [0.3, 0.4) is 0 Å². The molecule has 0 aromatic heterocycles. The third-order valence-electron chi connectivity index (χ3n) is 4.94. The molecule has 6 heteroatoms. The zero-order valence-corrected chi connectivity index (χ0v) is 16.5. The maximum absolute atomic E-state index is 13.2. The Morgan fingerprint density at radius 3 is 2.39 bits per heavy atom. The number of amides is 2. The molecule has 0 radical (unpaired) electrons. The molecule has 0 saturated heterocycles. The molecule has 1 aliphatic carbocycles. The molecule has 2 unspecified atom stereocenters. The second-order valence-corrected chi connectivity index (χ2v) is 7.05. The third kappa shape index (κ3) is 4.94. The standard InChI is InChI=1S/C22H27FN2O3/c1-4-28-19-12-9-17(13-20(19)27-3)14(2)24-22(26)25-21(15-5-6-15)16-7-10-18(23)11-8-16/h7-15,21H,4-6H2,1-3H3,(H2,24,25,26). The number of halogens is 1. The first-order valence-electron chi connectivity index (χ1n) is 9.65. The summed E-state index contributed by atoms with van der Waals surface area (Å²) < 4.78 is 24.1. The van der Waals surface area contributed by atoms with E-state index in [0.29, 0.717) is 24.0 Å². The number of benzene rings is 2. The second kappa shape index (κ2) is 8.95. The number of urea groups is 1. The quantitative estimate of drug-likeness (QED) is 0.689. The smallest absolute Gasteiger partial charge is 0.315 e. The van der Waals surface area contributed by atoms with Crippen LogP contribution in [-0.2, 0) is 0 Å². The monoisotopic (exact) mass is 386 g/mol. The predicted octanol–water partition coefficient (Wildman–Crippen LogP) is 4.74. The highest BCUT2D eigenvalue weighted by Gasteiger charge is 2.33. The molecule has 3 rings (SSSR count). The van der Waals surface area contributed by atoms with Gasteiger partial charge in [0.05, 0.1) is 25.8 Å². The summed E-state index contributed by atoms with van der Waals surface area (Å²) in [5, 5.41) is 6.02. The lowest BCUT2D eigenvalue weighted by atomic mass is 10.0. The van der Waals surface area contributed by atoms with E-state index in [4.69, 9.17) is 9.47 Å². The van der Waals surface area contributed by atoms with E-state index in [1.165, 1.54) is 12.1 Å². The number of ether oxygens (including phenoxy) is 2. The van der Waals surface area contributed by atoms with Gasteiger partial charge in [0, 0.05) is 0 Å². The van der Waals surface area contributed by atoms with Crippen molar-refractivity contribution < 1.29 is 18.7 Å². The molecule has 2 atom stereocenters.